The van der Waals surface area contributed by atoms with Gasteiger partial charge in [0, 0.05) is 37.5 Å². The molecule has 0 atom stereocenters. The Hall–Kier alpha value is -1.68. The smallest absolute Gasteiger partial charge is 0.243 e. The molecule has 0 bridgehead atoms. The standard InChI is InChI=1S/C21H27FN4OS.HI/c1-26(2)19(27)14-24-20(23-11-8-18-7-4-12-28-18)25-15-21(9-10-21)16-5-3-6-17(22)13-16;/h3-7,12-13H,8-11,14-15H2,1-2H3,(H2,23,24,25);1H. The Labute approximate surface area is 192 Å². The predicted octanol–water partition coefficient (Wildman–Crippen LogP) is 3.40. The lowest BCUT2D eigenvalue weighted by atomic mass is 9.96. The average Bonchev–Trinajstić information content (AvgIpc) is 3.29. The van der Waals surface area contributed by atoms with Crippen LogP contribution < -0.4 is 10.6 Å². The van der Waals surface area contributed by atoms with Gasteiger partial charge in [-0.2, -0.15) is 0 Å². The molecule has 29 heavy (non-hydrogen) atoms. The molecule has 1 aromatic carbocycles. The molecule has 1 aliphatic carbocycles. The molecule has 1 saturated carbocycles. The van der Waals surface area contributed by atoms with Crippen LogP contribution in [-0.2, 0) is 16.6 Å². The van der Waals surface area contributed by atoms with Gasteiger partial charge in [0.05, 0.1) is 0 Å². The molecule has 2 N–H and O–H groups in total. The Morgan fingerprint density at radius 2 is 2.03 bits per heavy atom. The first-order valence-corrected chi connectivity index (χ1v) is 10.4. The number of likely N-dealkylation sites (N-methyl/N-ethyl adjacent to an activating group) is 1. The highest BCUT2D eigenvalue weighted by Gasteiger charge is 2.44. The first-order valence-electron chi connectivity index (χ1n) is 9.49. The van der Waals surface area contributed by atoms with Gasteiger partial charge in [0.25, 0.3) is 0 Å². The van der Waals surface area contributed by atoms with E-state index in [-0.39, 0.29) is 47.7 Å². The van der Waals surface area contributed by atoms with Crippen LogP contribution in [0.4, 0.5) is 4.39 Å². The molecule has 1 fully saturated rings. The molecular weight excluding hydrogens is 502 g/mol. The number of rotatable bonds is 8. The molecule has 0 radical (unpaired) electrons. The van der Waals surface area contributed by atoms with Crippen LogP contribution in [0.5, 0.6) is 0 Å². The topological polar surface area (TPSA) is 56.7 Å². The van der Waals surface area contributed by atoms with Crippen molar-refractivity contribution in [1.29, 1.82) is 0 Å². The third-order valence-corrected chi connectivity index (χ3v) is 5.94. The van der Waals surface area contributed by atoms with E-state index in [1.807, 2.05) is 12.1 Å². The quantitative estimate of drug-likeness (QED) is 0.313. The highest BCUT2D eigenvalue weighted by Crippen LogP contribution is 2.47. The van der Waals surface area contributed by atoms with Gasteiger partial charge in [0.15, 0.2) is 5.96 Å². The number of nitrogens with one attached hydrogen (secondary N) is 2. The molecule has 0 spiro atoms. The van der Waals surface area contributed by atoms with Gasteiger partial charge < -0.3 is 15.5 Å². The summed E-state index contributed by atoms with van der Waals surface area (Å²) in [6.07, 6.45) is 2.93. The van der Waals surface area contributed by atoms with Gasteiger partial charge >= 0.3 is 0 Å². The average molecular weight is 530 g/mol. The van der Waals surface area contributed by atoms with Crippen molar-refractivity contribution >= 4 is 47.2 Å². The van der Waals surface area contributed by atoms with Crippen LogP contribution >= 0.6 is 35.3 Å². The molecule has 2 aromatic rings. The third-order valence-electron chi connectivity index (χ3n) is 5.00. The predicted molar refractivity (Wildman–Crippen MR) is 128 cm³/mol. The second-order valence-corrected chi connectivity index (χ2v) is 8.39. The summed E-state index contributed by atoms with van der Waals surface area (Å²) in [4.78, 5) is 19.2. The number of hydrogen-bond donors (Lipinski definition) is 2. The maximum atomic E-state index is 13.6. The van der Waals surface area contributed by atoms with E-state index in [9.17, 15) is 9.18 Å². The molecule has 3 rings (SSSR count). The number of nitrogens with zero attached hydrogens (tertiary/aromatic N) is 2. The first kappa shape index (κ1) is 23.6. The fraction of sp³-hybridized carbons (Fsp3) is 0.429. The highest BCUT2D eigenvalue weighted by atomic mass is 127. The summed E-state index contributed by atoms with van der Waals surface area (Å²) in [6, 6.07) is 11.0. The number of carbonyl (C=O) groups is 1. The van der Waals surface area contributed by atoms with Gasteiger partial charge in [-0.15, -0.1) is 35.3 Å². The molecule has 1 aromatic heterocycles. The van der Waals surface area contributed by atoms with Gasteiger partial charge in [-0.05, 0) is 48.4 Å². The Kier molecular flexibility index (Phi) is 8.88. The second-order valence-electron chi connectivity index (χ2n) is 7.35. The molecule has 0 saturated heterocycles. The summed E-state index contributed by atoms with van der Waals surface area (Å²) in [6.45, 7) is 1.49. The maximum absolute atomic E-state index is 13.6. The summed E-state index contributed by atoms with van der Waals surface area (Å²) in [7, 11) is 3.44. The van der Waals surface area contributed by atoms with E-state index in [0.29, 0.717) is 12.5 Å². The van der Waals surface area contributed by atoms with Crippen LogP contribution in [0.2, 0.25) is 0 Å². The van der Waals surface area contributed by atoms with E-state index in [0.717, 1.165) is 31.4 Å². The lowest BCUT2D eigenvalue weighted by molar-refractivity contribution is -0.127. The first-order chi connectivity index (χ1) is 13.5. The minimum atomic E-state index is -0.205. The van der Waals surface area contributed by atoms with Gasteiger partial charge in [-0.25, -0.2) is 9.38 Å². The van der Waals surface area contributed by atoms with E-state index in [1.54, 1.807) is 37.6 Å². The minimum absolute atomic E-state index is 0. The van der Waals surface area contributed by atoms with Crippen LogP contribution in [-0.4, -0.2) is 50.5 Å². The molecule has 158 valence electrons. The van der Waals surface area contributed by atoms with E-state index < -0.39 is 0 Å². The second kappa shape index (κ2) is 10.9. The van der Waals surface area contributed by atoms with Gasteiger partial charge in [-0.1, -0.05) is 18.2 Å². The van der Waals surface area contributed by atoms with E-state index in [2.05, 4.69) is 27.1 Å². The van der Waals surface area contributed by atoms with Crippen LogP contribution in [0.1, 0.15) is 23.3 Å². The number of hydrogen-bond acceptors (Lipinski definition) is 3. The maximum Gasteiger partial charge on any atom is 0.243 e. The fourth-order valence-corrected chi connectivity index (χ4v) is 3.72. The number of amides is 1. The molecule has 1 amide bonds. The molecule has 5 nitrogen and oxygen atoms in total. The Balaban J connectivity index is 0.00000300. The van der Waals surface area contributed by atoms with Crippen molar-refractivity contribution in [1.82, 2.24) is 15.5 Å². The van der Waals surface area contributed by atoms with Crippen LogP contribution in [0.25, 0.3) is 0 Å². The number of thiophene rings is 1. The molecule has 0 unspecified atom stereocenters. The minimum Gasteiger partial charge on any atom is -0.356 e. The van der Waals surface area contributed by atoms with Crippen molar-refractivity contribution in [3.63, 3.8) is 0 Å². The number of aliphatic imine (C=N–C) groups is 1. The zero-order valence-electron chi connectivity index (χ0n) is 16.8. The third kappa shape index (κ3) is 6.95. The van der Waals surface area contributed by atoms with Crippen molar-refractivity contribution in [2.75, 3.05) is 33.7 Å². The molecule has 0 aliphatic heterocycles. The summed E-state index contributed by atoms with van der Waals surface area (Å²) < 4.78 is 13.6. The summed E-state index contributed by atoms with van der Waals surface area (Å²) in [5.41, 5.74) is 0.964. The molecule has 1 aliphatic rings. The summed E-state index contributed by atoms with van der Waals surface area (Å²) in [5, 5.41) is 8.74. The van der Waals surface area contributed by atoms with Gasteiger partial charge in [0.1, 0.15) is 12.4 Å². The SMILES string of the molecule is CN(C)C(=O)CN=C(NCCc1cccs1)NCC1(c2cccc(F)c2)CC1.I. The zero-order chi connectivity index (χ0) is 20.0. The van der Waals surface area contributed by atoms with E-state index in [4.69, 9.17) is 0 Å². The molecule has 1 heterocycles. The largest absolute Gasteiger partial charge is 0.356 e. The lowest BCUT2D eigenvalue weighted by Crippen LogP contribution is -2.42. The van der Waals surface area contributed by atoms with Crippen molar-refractivity contribution in [2.24, 2.45) is 4.99 Å². The van der Waals surface area contributed by atoms with Crippen LogP contribution in [0.3, 0.4) is 0 Å². The van der Waals surface area contributed by atoms with Gasteiger partial charge in [0.2, 0.25) is 5.91 Å². The van der Waals surface area contributed by atoms with Crippen molar-refractivity contribution in [3.05, 3.63) is 58.0 Å². The van der Waals surface area contributed by atoms with E-state index >= 15 is 0 Å². The van der Waals surface area contributed by atoms with Gasteiger partial charge in [-0.3, -0.25) is 4.79 Å². The molecule has 8 heteroatoms. The van der Waals surface area contributed by atoms with Crippen LogP contribution in [0.15, 0.2) is 46.8 Å². The summed E-state index contributed by atoms with van der Waals surface area (Å²) in [5.74, 6) is 0.364. The van der Waals surface area contributed by atoms with Crippen molar-refractivity contribution in [3.8, 4) is 0 Å². The normalized spacial score (nSPS) is 14.7. The summed E-state index contributed by atoms with van der Waals surface area (Å²) >= 11 is 1.73. The Morgan fingerprint density at radius 1 is 1.24 bits per heavy atom. The number of guanidine groups is 1. The van der Waals surface area contributed by atoms with Crippen molar-refractivity contribution in [2.45, 2.75) is 24.7 Å². The number of halogens is 2. The van der Waals surface area contributed by atoms with E-state index in [1.165, 1.54) is 15.8 Å². The van der Waals surface area contributed by atoms with Crippen LogP contribution in [0, 0.1) is 5.82 Å². The number of benzene rings is 1. The molecular formula is C21H28FIN4OS. The van der Waals surface area contributed by atoms with Crippen molar-refractivity contribution < 1.29 is 9.18 Å². The highest BCUT2D eigenvalue weighted by molar-refractivity contribution is 14.0. The fourth-order valence-electron chi connectivity index (χ4n) is 3.01. The number of carbonyl (C=O) groups excluding carboxylic acids is 1. The lowest BCUT2D eigenvalue weighted by Gasteiger charge is -2.19. The monoisotopic (exact) mass is 530 g/mol. The zero-order valence-corrected chi connectivity index (χ0v) is 19.9. The Bertz CT molecular complexity index is 822. The Morgan fingerprint density at radius 3 is 2.66 bits per heavy atom.